The van der Waals surface area contributed by atoms with Crippen LogP contribution in [0.4, 0.5) is 0 Å². The summed E-state index contributed by atoms with van der Waals surface area (Å²) in [6.45, 7) is 10.1. The number of hydrogen-bond acceptors (Lipinski definition) is 4. The number of hydrogen-bond donors (Lipinski definition) is 1. The van der Waals surface area contributed by atoms with Crippen molar-refractivity contribution in [1.82, 2.24) is 10.2 Å². The van der Waals surface area contributed by atoms with E-state index in [2.05, 4.69) is 31.1 Å². The van der Waals surface area contributed by atoms with E-state index in [1.54, 1.807) is 0 Å². The van der Waals surface area contributed by atoms with E-state index in [0.717, 1.165) is 6.54 Å². The molecule has 4 heteroatoms. The zero-order chi connectivity index (χ0) is 15.4. The molecule has 1 N–H and O–H groups in total. The number of carbonyl (C=O) groups excluding carboxylic acids is 1. The van der Waals surface area contributed by atoms with Crippen LogP contribution in [0, 0.1) is 5.41 Å². The van der Waals surface area contributed by atoms with Gasteiger partial charge in [-0.05, 0) is 51.6 Å². The molecule has 0 saturated heterocycles. The van der Waals surface area contributed by atoms with Gasteiger partial charge < -0.3 is 15.0 Å². The van der Waals surface area contributed by atoms with E-state index in [0.29, 0.717) is 18.0 Å². The molecule has 1 atom stereocenters. The van der Waals surface area contributed by atoms with Crippen molar-refractivity contribution in [2.45, 2.75) is 65.0 Å². The highest BCUT2D eigenvalue weighted by atomic mass is 16.5. The number of carbonyl (C=O) groups is 1. The van der Waals surface area contributed by atoms with Crippen molar-refractivity contribution in [2.75, 3.05) is 27.2 Å². The van der Waals surface area contributed by atoms with Gasteiger partial charge in [-0.3, -0.25) is 4.79 Å². The number of ether oxygens (including phenoxy) is 1. The third-order valence-corrected chi connectivity index (χ3v) is 4.70. The minimum atomic E-state index is -0.620. The molecule has 1 saturated carbocycles. The van der Waals surface area contributed by atoms with E-state index in [4.69, 9.17) is 4.74 Å². The fraction of sp³-hybridized carbons (Fsp3) is 0.938. The van der Waals surface area contributed by atoms with Crippen molar-refractivity contribution < 1.29 is 9.53 Å². The Morgan fingerprint density at radius 2 is 1.95 bits per heavy atom. The molecule has 1 fully saturated rings. The Bertz CT molecular complexity index is 320. The smallest absolute Gasteiger partial charge is 0.327 e. The fourth-order valence-electron chi connectivity index (χ4n) is 3.26. The molecule has 0 amide bonds. The highest BCUT2D eigenvalue weighted by molar-refractivity contribution is 5.80. The zero-order valence-electron chi connectivity index (χ0n) is 14.1. The predicted octanol–water partition coefficient (Wildman–Crippen LogP) is 2.43. The average molecular weight is 284 g/mol. The van der Waals surface area contributed by atoms with Crippen LogP contribution in [-0.4, -0.2) is 49.7 Å². The largest absolute Gasteiger partial charge is 0.468 e. The standard InChI is InChI=1S/C16H32N2O2/c1-7-17-16(4,14(19)20-6)12-18(5)13-8-10-15(2,3)11-9-13/h13,17H,7-12H2,1-6H3. The molecule has 0 aromatic rings. The minimum Gasteiger partial charge on any atom is -0.468 e. The molecular weight excluding hydrogens is 252 g/mol. The van der Waals surface area contributed by atoms with Crippen molar-refractivity contribution in [3.8, 4) is 0 Å². The zero-order valence-corrected chi connectivity index (χ0v) is 14.1. The van der Waals surface area contributed by atoms with Gasteiger partial charge in [-0.1, -0.05) is 20.8 Å². The van der Waals surface area contributed by atoms with E-state index >= 15 is 0 Å². The van der Waals surface area contributed by atoms with Crippen LogP contribution < -0.4 is 5.32 Å². The Hall–Kier alpha value is -0.610. The predicted molar refractivity (Wildman–Crippen MR) is 82.8 cm³/mol. The summed E-state index contributed by atoms with van der Waals surface area (Å²) in [7, 11) is 3.59. The van der Waals surface area contributed by atoms with E-state index in [9.17, 15) is 4.79 Å². The lowest BCUT2D eigenvalue weighted by Gasteiger charge is -2.41. The quantitative estimate of drug-likeness (QED) is 0.761. The van der Waals surface area contributed by atoms with Gasteiger partial charge in [0.1, 0.15) is 5.54 Å². The van der Waals surface area contributed by atoms with Crippen molar-refractivity contribution in [2.24, 2.45) is 5.41 Å². The van der Waals surface area contributed by atoms with E-state index in [-0.39, 0.29) is 5.97 Å². The second-order valence-electron chi connectivity index (χ2n) is 7.16. The summed E-state index contributed by atoms with van der Waals surface area (Å²) < 4.78 is 4.96. The topological polar surface area (TPSA) is 41.6 Å². The Kier molecular flexibility index (Phi) is 6.02. The van der Waals surface area contributed by atoms with Gasteiger partial charge in [0.15, 0.2) is 0 Å². The Morgan fingerprint density at radius 1 is 1.40 bits per heavy atom. The Balaban J connectivity index is 2.63. The maximum absolute atomic E-state index is 12.0. The molecule has 20 heavy (non-hydrogen) atoms. The molecule has 118 valence electrons. The van der Waals surface area contributed by atoms with Gasteiger partial charge in [0.2, 0.25) is 0 Å². The lowest BCUT2D eigenvalue weighted by atomic mass is 9.75. The first-order valence-corrected chi connectivity index (χ1v) is 7.78. The van der Waals surface area contributed by atoms with Crippen molar-refractivity contribution in [1.29, 1.82) is 0 Å². The molecule has 1 aliphatic carbocycles. The highest BCUT2D eigenvalue weighted by Gasteiger charge is 2.37. The second kappa shape index (κ2) is 6.90. The number of likely N-dealkylation sites (N-methyl/N-ethyl adjacent to an activating group) is 2. The molecule has 0 aromatic heterocycles. The Labute approximate surface area is 124 Å². The van der Waals surface area contributed by atoms with Crippen molar-refractivity contribution in [3.63, 3.8) is 0 Å². The Morgan fingerprint density at radius 3 is 2.40 bits per heavy atom. The van der Waals surface area contributed by atoms with Crippen molar-refractivity contribution >= 4 is 5.97 Å². The summed E-state index contributed by atoms with van der Waals surface area (Å²) in [5.74, 6) is -0.178. The third-order valence-electron chi connectivity index (χ3n) is 4.70. The van der Waals surface area contributed by atoms with Crippen molar-refractivity contribution in [3.05, 3.63) is 0 Å². The molecule has 1 aliphatic rings. The molecule has 4 nitrogen and oxygen atoms in total. The first-order chi connectivity index (χ1) is 9.24. The average Bonchev–Trinajstić information content (AvgIpc) is 2.37. The summed E-state index contributed by atoms with van der Waals surface area (Å²) in [4.78, 5) is 14.4. The fourth-order valence-corrected chi connectivity index (χ4v) is 3.26. The van der Waals surface area contributed by atoms with Gasteiger partial charge in [-0.25, -0.2) is 0 Å². The van der Waals surface area contributed by atoms with E-state index in [1.165, 1.54) is 32.8 Å². The summed E-state index contributed by atoms with van der Waals surface area (Å²) in [5.41, 5.74) is -0.143. The molecule has 0 aliphatic heterocycles. The molecule has 0 heterocycles. The lowest BCUT2D eigenvalue weighted by molar-refractivity contribution is -0.149. The SMILES string of the molecule is CCNC(C)(CN(C)C1CCC(C)(C)CC1)C(=O)OC. The van der Waals surface area contributed by atoms with Crippen LogP contribution in [0.3, 0.4) is 0 Å². The highest BCUT2D eigenvalue weighted by Crippen LogP contribution is 2.36. The summed E-state index contributed by atoms with van der Waals surface area (Å²) in [5, 5.41) is 3.28. The molecule has 0 radical (unpaired) electrons. The maximum atomic E-state index is 12.0. The molecule has 0 spiro atoms. The van der Waals surface area contributed by atoms with Crippen LogP contribution in [-0.2, 0) is 9.53 Å². The van der Waals surface area contributed by atoms with Gasteiger partial charge in [0.05, 0.1) is 7.11 Å². The van der Waals surface area contributed by atoms with Crippen LogP contribution in [0.5, 0.6) is 0 Å². The number of nitrogens with one attached hydrogen (secondary N) is 1. The molecular formula is C16H32N2O2. The number of methoxy groups -OCH3 is 1. The lowest BCUT2D eigenvalue weighted by Crippen LogP contribution is -2.58. The van der Waals surface area contributed by atoms with Gasteiger partial charge in [0, 0.05) is 12.6 Å². The maximum Gasteiger partial charge on any atom is 0.327 e. The monoisotopic (exact) mass is 284 g/mol. The number of rotatable bonds is 6. The van der Waals surface area contributed by atoms with E-state index < -0.39 is 5.54 Å². The first-order valence-electron chi connectivity index (χ1n) is 7.78. The minimum absolute atomic E-state index is 0.178. The van der Waals surface area contributed by atoms with E-state index in [1.807, 2.05) is 13.8 Å². The van der Waals surface area contributed by atoms with Gasteiger partial charge in [-0.15, -0.1) is 0 Å². The molecule has 1 rings (SSSR count). The number of nitrogens with zero attached hydrogens (tertiary/aromatic N) is 1. The summed E-state index contributed by atoms with van der Waals surface area (Å²) in [6.07, 6.45) is 4.95. The molecule has 0 bridgehead atoms. The van der Waals surface area contributed by atoms with Crippen LogP contribution in [0.25, 0.3) is 0 Å². The van der Waals surface area contributed by atoms with Crippen LogP contribution in [0.2, 0.25) is 0 Å². The molecule has 0 aromatic carbocycles. The van der Waals surface area contributed by atoms with Gasteiger partial charge in [-0.2, -0.15) is 0 Å². The van der Waals surface area contributed by atoms with Gasteiger partial charge in [0.25, 0.3) is 0 Å². The summed E-state index contributed by atoms with van der Waals surface area (Å²) >= 11 is 0. The van der Waals surface area contributed by atoms with Crippen LogP contribution in [0.1, 0.15) is 53.4 Å². The first kappa shape index (κ1) is 17.4. The van der Waals surface area contributed by atoms with Gasteiger partial charge >= 0.3 is 5.97 Å². The summed E-state index contributed by atoms with van der Waals surface area (Å²) in [6, 6.07) is 0.575. The molecule has 1 unspecified atom stereocenters. The second-order valence-corrected chi connectivity index (χ2v) is 7.16. The number of esters is 1. The van der Waals surface area contributed by atoms with Crippen LogP contribution >= 0.6 is 0 Å². The normalized spacial score (nSPS) is 22.6. The third kappa shape index (κ3) is 4.45. The van der Waals surface area contributed by atoms with Crippen LogP contribution in [0.15, 0.2) is 0 Å².